The van der Waals surface area contributed by atoms with Crippen LogP contribution in [0.2, 0.25) is 0 Å². The van der Waals surface area contributed by atoms with Crippen molar-refractivity contribution in [3.8, 4) is 17.0 Å². The lowest BCUT2D eigenvalue weighted by Crippen LogP contribution is -2.50. The van der Waals surface area contributed by atoms with Crippen LogP contribution in [-0.2, 0) is 11.8 Å². The number of carbonyl (C=O) groups is 2. The Balaban J connectivity index is 1.39. The third-order valence-electron chi connectivity index (χ3n) is 7.51. The quantitative estimate of drug-likeness (QED) is 0.334. The third kappa shape index (κ3) is 5.11. The minimum Gasteiger partial charge on any atom is -0.507 e. The smallest absolute Gasteiger partial charge is 0.270 e. The Morgan fingerprint density at radius 3 is 2.41 bits per heavy atom. The van der Waals surface area contributed by atoms with Gasteiger partial charge in [0.25, 0.3) is 5.91 Å². The van der Waals surface area contributed by atoms with Crippen molar-refractivity contribution in [1.82, 2.24) is 24.9 Å². The van der Waals surface area contributed by atoms with E-state index in [1.165, 1.54) is 16.9 Å². The fraction of sp³-hybridized carbons (Fsp3) is 0.481. The Hall–Kier alpha value is -3.66. The van der Waals surface area contributed by atoms with Crippen LogP contribution < -0.4 is 10.6 Å². The Labute approximate surface area is 215 Å². The number of phenolic OH excluding ortho intramolecular Hbond substituents is 1. The number of aliphatic hydroxyl groups excluding tert-OH is 1. The third-order valence-corrected chi connectivity index (χ3v) is 7.51. The minimum absolute atomic E-state index is 0.0351. The fourth-order valence-corrected chi connectivity index (χ4v) is 5.33. The summed E-state index contributed by atoms with van der Waals surface area (Å²) >= 11 is 0. The first-order chi connectivity index (χ1) is 17.8. The number of hydrogen-bond acceptors (Lipinski definition) is 6. The van der Waals surface area contributed by atoms with Gasteiger partial charge in [0.1, 0.15) is 17.5 Å². The molecule has 2 saturated carbocycles. The van der Waals surface area contributed by atoms with E-state index in [1.54, 1.807) is 36.0 Å². The molecule has 0 saturated heterocycles. The average Bonchev–Trinajstić information content (AvgIpc) is 3.81. The van der Waals surface area contributed by atoms with Crippen LogP contribution in [0.25, 0.3) is 11.3 Å². The molecular formula is C27H34N6O4. The van der Waals surface area contributed by atoms with E-state index in [0.29, 0.717) is 28.8 Å². The molecule has 196 valence electrons. The molecule has 10 nitrogen and oxygen atoms in total. The number of aryl methyl sites for hydroxylation is 2. The highest BCUT2D eigenvalue weighted by molar-refractivity contribution is 6.01. The Morgan fingerprint density at radius 1 is 1.14 bits per heavy atom. The number of amides is 2. The maximum absolute atomic E-state index is 13.6. The van der Waals surface area contributed by atoms with Crippen LogP contribution in [0, 0.1) is 24.7 Å². The van der Waals surface area contributed by atoms with Gasteiger partial charge in [-0.25, -0.2) is 0 Å². The largest absolute Gasteiger partial charge is 0.507 e. The molecule has 10 heteroatoms. The predicted molar refractivity (Wildman–Crippen MR) is 138 cm³/mol. The highest BCUT2D eigenvalue weighted by Crippen LogP contribution is 2.51. The zero-order valence-corrected chi connectivity index (χ0v) is 21.4. The maximum atomic E-state index is 13.6. The first-order valence-corrected chi connectivity index (χ1v) is 12.9. The number of aliphatic hydroxyl groups is 1. The van der Waals surface area contributed by atoms with Crippen molar-refractivity contribution in [2.24, 2.45) is 24.8 Å². The van der Waals surface area contributed by atoms with Gasteiger partial charge in [-0.2, -0.15) is 10.2 Å². The summed E-state index contributed by atoms with van der Waals surface area (Å²) in [5.41, 5.74) is 3.12. The van der Waals surface area contributed by atoms with Crippen molar-refractivity contribution < 1.29 is 19.8 Å². The molecule has 0 spiro atoms. The lowest BCUT2D eigenvalue weighted by Gasteiger charge is -2.28. The van der Waals surface area contributed by atoms with E-state index in [1.807, 2.05) is 14.0 Å². The number of rotatable bonds is 10. The second kappa shape index (κ2) is 10.0. The Kier molecular flexibility index (Phi) is 6.76. The van der Waals surface area contributed by atoms with Crippen molar-refractivity contribution >= 4 is 17.5 Å². The molecule has 2 aliphatic carbocycles. The van der Waals surface area contributed by atoms with E-state index < -0.39 is 11.9 Å². The summed E-state index contributed by atoms with van der Waals surface area (Å²) in [4.78, 5) is 27.0. The highest BCUT2D eigenvalue weighted by atomic mass is 16.3. The molecule has 0 radical (unpaired) electrons. The lowest BCUT2D eigenvalue weighted by molar-refractivity contribution is -0.119. The van der Waals surface area contributed by atoms with Crippen molar-refractivity contribution in [2.45, 2.75) is 51.6 Å². The normalized spacial score (nSPS) is 17.0. The van der Waals surface area contributed by atoms with Crippen LogP contribution >= 0.6 is 0 Å². The number of carbonyl (C=O) groups excluding carboxylic acids is 2. The summed E-state index contributed by atoms with van der Waals surface area (Å²) in [6.45, 7) is 3.54. The molecule has 2 fully saturated rings. The summed E-state index contributed by atoms with van der Waals surface area (Å²) in [5, 5.41) is 34.6. The predicted octanol–water partition coefficient (Wildman–Crippen LogP) is 3.02. The van der Waals surface area contributed by atoms with Gasteiger partial charge in [0.05, 0.1) is 24.5 Å². The summed E-state index contributed by atoms with van der Waals surface area (Å²) in [7, 11) is 1.81. The molecule has 5 rings (SSSR count). The van der Waals surface area contributed by atoms with E-state index in [4.69, 9.17) is 0 Å². The van der Waals surface area contributed by atoms with Gasteiger partial charge in [-0.1, -0.05) is 0 Å². The number of aromatic nitrogens is 4. The van der Waals surface area contributed by atoms with E-state index in [0.717, 1.165) is 36.9 Å². The fourth-order valence-electron chi connectivity index (χ4n) is 5.33. The Morgan fingerprint density at radius 2 is 1.84 bits per heavy atom. The van der Waals surface area contributed by atoms with E-state index in [-0.39, 0.29) is 30.2 Å². The monoisotopic (exact) mass is 506 g/mol. The van der Waals surface area contributed by atoms with Crippen molar-refractivity contribution in [2.75, 3.05) is 11.9 Å². The molecular weight excluding hydrogens is 472 g/mol. The van der Waals surface area contributed by atoms with Gasteiger partial charge >= 0.3 is 0 Å². The molecule has 2 amide bonds. The molecule has 2 aromatic heterocycles. The van der Waals surface area contributed by atoms with Crippen LogP contribution in [-0.4, -0.2) is 54.2 Å². The number of benzene rings is 1. The van der Waals surface area contributed by atoms with Gasteiger partial charge in [-0.3, -0.25) is 19.0 Å². The highest BCUT2D eigenvalue weighted by Gasteiger charge is 2.48. The second-order valence-electron chi connectivity index (χ2n) is 10.4. The van der Waals surface area contributed by atoms with Crippen molar-refractivity contribution in [1.29, 1.82) is 0 Å². The average molecular weight is 507 g/mol. The molecule has 2 atom stereocenters. The molecule has 2 aliphatic rings. The molecule has 3 aromatic rings. The number of nitrogens with zero attached hydrogens (tertiary/aromatic N) is 4. The number of hydrogen-bond donors (Lipinski definition) is 4. The van der Waals surface area contributed by atoms with Crippen LogP contribution in [0.15, 0.2) is 36.7 Å². The van der Waals surface area contributed by atoms with Gasteiger partial charge in [0.2, 0.25) is 5.91 Å². The van der Waals surface area contributed by atoms with Crippen LogP contribution in [0.4, 0.5) is 5.69 Å². The van der Waals surface area contributed by atoms with Gasteiger partial charge in [-0.15, -0.1) is 0 Å². The standard InChI is InChI=1S/C27H34N6O4/c1-15-13-29-32(3)25(15)20-9-8-19(12-22(20)35)30-27(37)24(23(17-4-5-17)18-6-7-18)31-26(36)21-10-11-28-33(21)16(2)14-34/h8-13,16-18,23-24,34-35H,4-7,14H2,1-3H3,(H,30,37)(H,31,36)/t16?,24-/m0/s1. The summed E-state index contributed by atoms with van der Waals surface area (Å²) in [5.74, 6) is 0.215. The molecule has 1 unspecified atom stereocenters. The maximum Gasteiger partial charge on any atom is 0.270 e. The van der Waals surface area contributed by atoms with E-state index in [9.17, 15) is 19.8 Å². The molecule has 0 aliphatic heterocycles. The van der Waals surface area contributed by atoms with E-state index >= 15 is 0 Å². The van der Waals surface area contributed by atoms with Crippen molar-refractivity contribution in [3.05, 3.63) is 47.9 Å². The molecule has 1 aromatic carbocycles. The molecule has 37 heavy (non-hydrogen) atoms. The number of anilines is 1. The lowest BCUT2D eigenvalue weighted by atomic mass is 9.88. The van der Waals surface area contributed by atoms with Crippen molar-refractivity contribution in [3.63, 3.8) is 0 Å². The first-order valence-electron chi connectivity index (χ1n) is 12.9. The van der Waals surface area contributed by atoms with Gasteiger partial charge < -0.3 is 20.8 Å². The van der Waals surface area contributed by atoms with Crippen LogP contribution in [0.5, 0.6) is 5.75 Å². The zero-order chi connectivity index (χ0) is 26.3. The molecule has 4 N–H and O–H groups in total. The number of aromatic hydroxyl groups is 1. The van der Waals surface area contributed by atoms with Crippen LogP contribution in [0.1, 0.15) is 54.7 Å². The van der Waals surface area contributed by atoms with Crippen LogP contribution in [0.3, 0.4) is 0 Å². The summed E-state index contributed by atoms with van der Waals surface area (Å²) < 4.78 is 3.18. The SMILES string of the molecule is Cc1cnn(C)c1-c1ccc(NC(=O)[C@@H](NC(=O)c2ccnn2C(C)CO)C(C2CC2)C2CC2)cc1O. The molecule has 2 heterocycles. The summed E-state index contributed by atoms with van der Waals surface area (Å²) in [6.07, 6.45) is 7.48. The first kappa shape index (κ1) is 25.0. The van der Waals surface area contributed by atoms with Gasteiger partial charge in [0.15, 0.2) is 0 Å². The zero-order valence-electron chi connectivity index (χ0n) is 21.4. The Bertz CT molecular complexity index is 1270. The van der Waals surface area contributed by atoms with Gasteiger partial charge in [-0.05, 0) is 81.0 Å². The number of phenols is 1. The number of nitrogens with one attached hydrogen (secondary N) is 2. The summed E-state index contributed by atoms with van der Waals surface area (Å²) in [6, 6.07) is 5.55. The second-order valence-corrected chi connectivity index (χ2v) is 10.4. The van der Waals surface area contributed by atoms with E-state index in [2.05, 4.69) is 20.8 Å². The van der Waals surface area contributed by atoms with Gasteiger partial charge in [0, 0.05) is 30.6 Å². The minimum atomic E-state index is -0.721. The topological polar surface area (TPSA) is 134 Å². The molecule has 0 bridgehead atoms.